The van der Waals surface area contributed by atoms with Gasteiger partial charge in [0.15, 0.2) is 0 Å². The number of rotatable bonds is 2. The third kappa shape index (κ3) is 2.36. The zero-order valence-electron chi connectivity index (χ0n) is 11.6. The predicted octanol–water partition coefficient (Wildman–Crippen LogP) is 4.05. The first-order valence-corrected chi connectivity index (χ1v) is 6.54. The molecule has 3 aromatic rings. The molecule has 0 atom stereocenters. The summed E-state index contributed by atoms with van der Waals surface area (Å²) >= 11 is 0. The molecule has 0 saturated carbocycles. The van der Waals surface area contributed by atoms with E-state index in [1.54, 1.807) is 12.1 Å². The summed E-state index contributed by atoms with van der Waals surface area (Å²) in [7, 11) is 0. The SMILES string of the molecule is C=C(C)c1cc(-c2ccc(F)c3ccccc23)nc(N)n1. The minimum atomic E-state index is -0.253. The smallest absolute Gasteiger partial charge is 0.221 e. The van der Waals surface area contributed by atoms with Crippen molar-refractivity contribution in [1.29, 1.82) is 0 Å². The van der Waals surface area contributed by atoms with E-state index in [2.05, 4.69) is 16.5 Å². The molecule has 0 aliphatic rings. The highest BCUT2D eigenvalue weighted by Gasteiger charge is 2.11. The molecule has 4 heteroatoms. The number of fused-ring (bicyclic) bond motifs is 1. The van der Waals surface area contributed by atoms with Gasteiger partial charge in [-0.1, -0.05) is 30.8 Å². The molecule has 104 valence electrons. The predicted molar refractivity (Wildman–Crippen MR) is 84.1 cm³/mol. The zero-order valence-corrected chi connectivity index (χ0v) is 11.6. The largest absolute Gasteiger partial charge is 0.368 e. The summed E-state index contributed by atoms with van der Waals surface area (Å²) in [6.45, 7) is 5.73. The normalized spacial score (nSPS) is 10.8. The quantitative estimate of drug-likeness (QED) is 0.770. The van der Waals surface area contributed by atoms with Crippen molar-refractivity contribution >= 4 is 22.3 Å². The van der Waals surface area contributed by atoms with E-state index in [1.165, 1.54) is 6.07 Å². The van der Waals surface area contributed by atoms with Gasteiger partial charge in [-0.25, -0.2) is 14.4 Å². The zero-order chi connectivity index (χ0) is 15.0. The van der Waals surface area contributed by atoms with Crippen molar-refractivity contribution < 1.29 is 4.39 Å². The first-order valence-electron chi connectivity index (χ1n) is 6.54. The topological polar surface area (TPSA) is 51.8 Å². The van der Waals surface area contributed by atoms with Gasteiger partial charge in [-0.3, -0.25) is 0 Å². The van der Waals surface area contributed by atoms with E-state index in [1.807, 2.05) is 31.2 Å². The Balaban J connectivity index is 2.31. The van der Waals surface area contributed by atoms with Gasteiger partial charge in [0.1, 0.15) is 5.82 Å². The number of hydrogen-bond donors (Lipinski definition) is 1. The van der Waals surface area contributed by atoms with Crippen LogP contribution in [0, 0.1) is 5.82 Å². The number of benzene rings is 2. The number of nitrogen functional groups attached to an aromatic ring is 1. The second-order valence-electron chi connectivity index (χ2n) is 4.92. The number of aromatic nitrogens is 2. The number of allylic oxidation sites excluding steroid dienone is 1. The molecule has 0 aliphatic heterocycles. The minimum absolute atomic E-state index is 0.180. The van der Waals surface area contributed by atoms with Crippen LogP contribution in [-0.2, 0) is 0 Å². The Morgan fingerprint density at radius 2 is 1.81 bits per heavy atom. The second kappa shape index (κ2) is 4.98. The molecule has 0 aliphatic carbocycles. The van der Waals surface area contributed by atoms with E-state index in [0.29, 0.717) is 16.8 Å². The van der Waals surface area contributed by atoms with Crippen molar-refractivity contribution in [1.82, 2.24) is 9.97 Å². The van der Waals surface area contributed by atoms with Crippen LogP contribution in [0.3, 0.4) is 0 Å². The van der Waals surface area contributed by atoms with Gasteiger partial charge in [-0.2, -0.15) is 0 Å². The van der Waals surface area contributed by atoms with E-state index in [0.717, 1.165) is 16.5 Å². The number of nitrogens with zero attached hydrogens (tertiary/aromatic N) is 2. The van der Waals surface area contributed by atoms with E-state index in [9.17, 15) is 4.39 Å². The van der Waals surface area contributed by atoms with Crippen LogP contribution >= 0.6 is 0 Å². The molecule has 0 saturated heterocycles. The Kier molecular flexibility index (Phi) is 3.14. The molecule has 0 amide bonds. The Labute approximate surface area is 122 Å². The maximum atomic E-state index is 13.9. The molecule has 0 spiro atoms. The summed E-state index contributed by atoms with van der Waals surface area (Å²) in [5.74, 6) is -0.0737. The highest BCUT2D eigenvalue weighted by molar-refractivity contribution is 5.96. The molecule has 3 nitrogen and oxygen atoms in total. The van der Waals surface area contributed by atoms with Crippen molar-refractivity contribution in [3.63, 3.8) is 0 Å². The van der Waals surface area contributed by atoms with Gasteiger partial charge >= 0.3 is 0 Å². The molecule has 0 bridgehead atoms. The van der Waals surface area contributed by atoms with Gasteiger partial charge in [-0.05, 0) is 36.1 Å². The Bertz CT molecular complexity index is 856. The molecule has 1 heterocycles. The second-order valence-corrected chi connectivity index (χ2v) is 4.92. The van der Waals surface area contributed by atoms with Gasteiger partial charge in [0.25, 0.3) is 0 Å². The van der Waals surface area contributed by atoms with Crippen molar-refractivity contribution in [3.8, 4) is 11.3 Å². The van der Waals surface area contributed by atoms with Gasteiger partial charge in [0, 0.05) is 10.9 Å². The molecule has 1 aromatic heterocycles. The molecule has 2 aromatic carbocycles. The van der Waals surface area contributed by atoms with E-state index in [4.69, 9.17) is 5.73 Å². The maximum Gasteiger partial charge on any atom is 0.221 e. The average molecular weight is 279 g/mol. The lowest BCUT2D eigenvalue weighted by atomic mass is 10.0. The summed E-state index contributed by atoms with van der Waals surface area (Å²) in [4.78, 5) is 8.42. The van der Waals surface area contributed by atoms with Gasteiger partial charge < -0.3 is 5.73 Å². The Morgan fingerprint density at radius 1 is 1.10 bits per heavy atom. The lowest BCUT2D eigenvalue weighted by Crippen LogP contribution is -2.00. The van der Waals surface area contributed by atoms with Crippen LogP contribution in [0.1, 0.15) is 12.6 Å². The summed E-state index contributed by atoms with van der Waals surface area (Å²) in [5.41, 5.74) is 8.75. The molecule has 21 heavy (non-hydrogen) atoms. The fourth-order valence-corrected chi connectivity index (χ4v) is 2.31. The molecule has 0 fully saturated rings. The fourth-order valence-electron chi connectivity index (χ4n) is 2.31. The average Bonchev–Trinajstić information content (AvgIpc) is 2.47. The third-order valence-corrected chi connectivity index (χ3v) is 3.33. The van der Waals surface area contributed by atoms with Gasteiger partial charge in [-0.15, -0.1) is 0 Å². The van der Waals surface area contributed by atoms with Crippen LogP contribution in [0.25, 0.3) is 27.6 Å². The van der Waals surface area contributed by atoms with Gasteiger partial charge in [0.2, 0.25) is 5.95 Å². The molecular weight excluding hydrogens is 265 g/mol. The monoisotopic (exact) mass is 279 g/mol. The third-order valence-electron chi connectivity index (χ3n) is 3.33. The number of halogens is 1. The van der Waals surface area contributed by atoms with Crippen molar-refractivity contribution in [2.24, 2.45) is 0 Å². The van der Waals surface area contributed by atoms with E-state index in [-0.39, 0.29) is 11.8 Å². The molecular formula is C17H14FN3. The molecule has 0 unspecified atom stereocenters. The number of anilines is 1. The van der Waals surface area contributed by atoms with Crippen LogP contribution in [0.15, 0.2) is 49.0 Å². The Hall–Kier alpha value is -2.75. The van der Waals surface area contributed by atoms with Crippen LogP contribution < -0.4 is 5.73 Å². The van der Waals surface area contributed by atoms with E-state index >= 15 is 0 Å². The van der Waals surface area contributed by atoms with Crippen LogP contribution in [0.5, 0.6) is 0 Å². The highest BCUT2D eigenvalue weighted by atomic mass is 19.1. The Morgan fingerprint density at radius 3 is 2.52 bits per heavy atom. The van der Waals surface area contributed by atoms with Crippen LogP contribution in [0.2, 0.25) is 0 Å². The fraction of sp³-hybridized carbons (Fsp3) is 0.0588. The maximum absolute atomic E-state index is 13.9. The summed E-state index contributed by atoms with van der Waals surface area (Å²) in [6, 6.07) is 12.3. The summed E-state index contributed by atoms with van der Waals surface area (Å²) < 4.78 is 13.9. The molecule has 0 radical (unpaired) electrons. The lowest BCUT2D eigenvalue weighted by Gasteiger charge is -2.09. The van der Waals surface area contributed by atoms with Crippen molar-refractivity contribution in [2.75, 3.05) is 5.73 Å². The van der Waals surface area contributed by atoms with Gasteiger partial charge in [0.05, 0.1) is 11.4 Å². The first kappa shape index (κ1) is 13.2. The summed E-state index contributed by atoms with van der Waals surface area (Å²) in [5, 5.41) is 1.35. The minimum Gasteiger partial charge on any atom is -0.368 e. The highest BCUT2D eigenvalue weighted by Crippen LogP contribution is 2.30. The van der Waals surface area contributed by atoms with Crippen LogP contribution in [-0.4, -0.2) is 9.97 Å². The van der Waals surface area contributed by atoms with Crippen LogP contribution in [0.4, 0.5) is 10.3 Å². The summed E-state index contributed by atoms with van der Waals surface area (Å²) in [6.07, 6.45) is 0. The van der Waals surface area contributed by atoms with Crippen molar-refractivity contribution in [2.45, 2.75) is 6.92 Å². The number of hydrogen-bond acceptors (Lipinski definition) is 3. The lowest BCUT2D eigenvalue weighted by molar-refractivity contribution is 0.640. The van der Waals surface area contributed by atoms with E-state index < -0.39 is 0 Å². The number of nitrogens with two attached hydrogens (primary N) is 1. The van der Waals surface area contributed by atoms with Crippen molar-refractivity contribution in [3.05, 3.63) is 60.6 Å². The standard InChI is InChI=1S/C17H14FN3/c1-10(2)15-9-16(21-17(19)20-15)13-7-8-14(18)12-6-4-3-5-11(12)13/h3-9H,1H2,2H3,(H2,19,20,21). The molecule has 2 N–H and O–H groups in total. The molecule has 3 rings (SSSR count). The first-order chi connectivity index (χ1) is 10.1.